The van der Waals surface area contributed by atoms with Crippen molar-refractivity contribution in [2.24, 2.45) is 0 Å². The molecule has 0 spiro atoms. The van der Waals surface area contributed by atoms with Crippen LogP contribution in [-0.4, -0.2) is 36.5 Å². The van der Waals surface area contributed by atoms with Crippen LogP contribution >= 0.6 is 0 Å². The lowest BCUT2D eigenvalue weighted by Crippen LogP contribution is -2.35. The average molecular weight is 277 g/mol. The molecule has 0 aliphatic heterocycles. The van der Waals surface area contributed by atoms with Crippen LogP contribution in [-0.2, 0) is 0 Å². The van der Waals surface area contributed by atoms with Gasteiger partial charge in [0.15, 0.2) is 5.78 Å². The summed E-state index contributed by atoms with van der Waals surface area (Å²) >= 11 is 0. The lowest BCUT2D eigenvalue weighted by Gasteiger charge is -2.21. The second-order valence-corrected chi connectivity index (χ2v) is 4.17. The molecule has 0 atom stereocenters. The largest absolute Gasteiger partial charge is 0.401 e. The van der Waals surface area contributed by atoms with Crippen molar-refractivity contribution in [3.05, 3.63) is 35.6 Å². The fourth-order valence-corrected chi connectivity index (χ4v) is 1.67. The number of benzene rings is 1. The predicted octanol–water partition coefficient (Wildman–Crippen LogP) is 3.28. The van der Waals surface area contributed by atoms with Gasteiger partial charge in [-0.15, -0.1) is 0 Å². The molecule has 0 aliphatic carbocycles. The van der Waals surface area contributed by atoms with Crippen LogP contribution in [0.15, 0.2) is 24.3 Å². The first kappa shape index (κ1) is 15.6. The van der Waals surface area contributed by atoms with E-state index in [0.717, 1.165) is 11.0 Å². The Labute approximate surface area is 109 Å². The number of halogens is 4. The summed E-state index contributed by atoms with van der Waals surface area (Å²) in [5, 5.41) is 0. The van der Waals surface area contributed by atoms with Crippen LogP contribution in [0.3, 0.4) is 0 Å². The number of rotatable bonds is 6. The molecule has 0 heterocycles. The van der Waals surface area contributed by atoms with Gasteiger partial charge in [-0.3, -0.25) is 9.69 Å². The van der Waals surface area contributed by atoms with Gasteiger partial charge in [-0.25, -0.2) is 4.39 Å². The van der Waals surface area contributed by atoms with E-state index in [2.05, 4.69) is 0 Å². The van der Waals surface area contributed by atoms with E-state index in [1.54, 1.807) is 6.92 Å². The maximum absolute atomic E-state index is 12.9. The van der Waals surface area contributed by atoms with Gasteiger partial charge in [0.2, 0.25) is 0 Å². The fourth-order valence-electron chi connectivity index (χ4n) is 1.67. The van der Waals surface area contributed by atoms with Gasteiger partial charge in [0.25, 0.3) is 0 Å². The van der Waals surface area contributed by atoms with Crippen molar-refractivity contribution in [1.29, 1.82) is 0 Å². The third-order valence-electron chi connectivity index (χ3n) is 2.65. The highest BCUT2D eigenvalue weighted by molar-refractivity contribution is 5.96. The van der Waals surface area contributed by atoms with Crippen LogP contribution in [0.5, 0.6) is 0 Å². The summed E-state index contributed by atoms with van der Waals surface area (Å²) in [7, 11) is 0. The van der Waals surface area contributed by atoms with Crippen molar-refractivity contribution in [1.82, 2.24) is 4.90 Å². The smallest absolute Gasteiger partial charge is 0.295 e. The number of hydrogen-bond acceptors (Lipinski definition) is 2. The van der Waals surface area contributed by atoms with E-state index in [9.17, 15) is 22.4 Å². The molecular weight excluding hydrogens is 262 g/mol. The van der Waals surface area contributed by atoms with Gasteiger partial charge in [0.05, 0.1) is 6.54 Å². The Morgan fingerprint density at radius 3 is 2.53 bits per heavy atom. The predicted molar refractivity (Wildman–Crippen MR) is 63.5 cm³/mol. The molecule has 1 aromatic carbocycles. The van der Waals surface area contributed by atoms with Gasteiger partial charge in [-0.05, 0) is 18.7 Å². The molecule has 0 bridgehead atoms. The Kier molecular flexibility index (Phi) is 5.47. The monoisotopic (exact) mass is 277 g/mol. The van der Waals surface area contributed by atoms with Gasteiger partial charge in [-0.2, -0.15) is 13.2 Å². The summed E-state index contributed by atoms with van der Waals surface area (Å²) < 4.78 is 49.6. The van der Waals surface area contributed by atoms with E-state index in [-0.39, 0.29) is 30.9 Å². The molecule has 0 saturated carbocycles. The summed E-state index contributed by atoms with van der Waals surface area (Å²) in [6.07, 6.45) is -4.34. The highest BCUT2D eigenvalue weighted by Crippen LogP contribution is 2.16. The van der Waals surface area contributed by atoms with Gasteiger partial charge < -0.3 is 0 Å². The molecule has 0 saturated heterocycles. The molecular formula is C13H15F4NO. The maximum Gasteiger partial charge on any atom is 0.401 e. The topological polar surface area (TPSA) is 20.3 Å². The van der Waals surface area contributed by atoms with Gasteiger partial charge >= 0.3 is 6.18 Å². The van der Waals surface area contributed by atoms with Crippen molar-refractivity contribution in [3.63, 3.8) is 0 Å². The van der Waals surface area contributed by atoms with Crippen LogP contribution in [0.25, 0.3) is 0 Å². The molecule has 1 aromatic rings. The minimum atomic E-state index is -4.28. The highest BCUT2D eigenvalue weighted by atomic mass is 19.4. The van der Waals surface area contributed by atoms with Gasteiger partial charge in [-0.1, -0.05) is 19.1 Å². The summed E-state index contributed by atoms with van der Waals surface area (Å²) in [5.41, 5.74) is 0.183. The minimum Gasteiger partial charge on any atom is -0.295 e. The fraction of sp³-hybridized carbons (Fsp3) is 0.462. The van der Waals surface area contributed by atoms with Crippen LogP contribution in [0.1, 0.15) is 23.7 Å². The number of carbonyl (C=O) groups excluding carboxylic acids is 1. The number of Topliss-reactive ketones (excluding diaryl/α,β-unsaturated/α-hetero) is 1. The SMILES string of the molecule is CCN(CCC(=O)c1cccc(F)c1)CC(F)(F)F. The minimum absolute atomic E-state index is 0.00531. The molecule has 106 valence electrons. The Morgan fingerprint density at radius 1 is 1.32 bits per heavy atom. The van der Waals surface area contributed by atoms with Gasteiger partial charge in [0, 0.05) is 18.5 Å². The zero-order chi connectivity index (χ0) is 14.5. The van der Waals surface area contributed by atoms with E-state index in [0.29, 0.717) is 0 Å². The van der Waals surface area contributed by atoms with Gasteiger partial charge in [0.1, 0.15) is 5.82 Å². The number of hydrogen-bond donors (Lipinski definition) is 0. The average Bonchev–Trinajstić information content (AvgIpc) is 2.32. The highest BCUT2D eigenvalue weighted by Gasteiger charge is 2.30. The van der Waals surface area contributed by atoms with E-state index in [4.69, 9.17) is 0 Å². The van der Waals surface area contributed by atoms with E-state index in [1.807, 2.05) is 0 Å². The van der Waals surface area contributed by atoms with Crippen molar-refractivity contribution in [2.45, 2.75) is 19.5 Å². The van der Waals surface area contributed by atoms with Crippen molar-refractivity contribution in [2.75, 3.05) is 19.6 Å². The Balaban J connectivity index is 2.53. The van der Waals surface area contributed by atoms with E-state index in [1.165, 1.54) is 18.2 Å². The van der Waals surface area contributed by atoms with Crippen molar-refractivity contribution < 1.29 is 22.4 Å². The second kappa shape index (κ2) is 6.65. The number of ketones is 1. The summed E-state index contributed by atoms with van der Waals surface area (Å²) in [6, 6.07) is 5.14. The quantitative estimate of drug-likeness (QED) is 0.587. The lowest BCUT2D eigenvalue weighted by atomic mass is 10.1. The first-order valence-corrected chi connectivity index (χ1v) is 5.89. The molecule has 0 aliphatic rings. The normalized spacial score (nSPS) is 11.9. The first-order chi connectivity index (χ1) is 8.81. The summed E-state index contributed by atoms with van der Waals surface area (Å²) in [6.45, 7) is 0.764. The lowest BCUT2D eigenvalue weighted by molar-refractivity contribution is -0.145. The summed E-state index contributed by atoms with van der Waals surface area (Å²) in [5.74, 6) is -0.895. The zero-order valence-electron chi connectivity index (χ0n) is 10.5. The first-order valence-electron chi connectivity index (χ1n) is 5.89. The molecule has 0 unspecified atom stereocenters. The molecule has 0 N–H and O–H groups in total. The number of nitrogens with zero attached hydrogens (tertiary/aromatic N) is 1. The Morgan fingerprint density at radius 2 is 2.00 bits per heavy atom. The van der Waals surface area contributed by atoms with Crippen molar-refractivity contribution >= 4 is 5.78 Å². The standard InChI is InChI=1S/C13H15F4NO/c1-2-18(9-13(15,16)17)7-6-12(19)10-4-3-5-11(14)8-10/h3-5,8H,2,6-7,9H2,1H3. The molecule has 1 rings (SSSR count). The van der Waals surface area contributed by atoms with Crippen LogP contribution in [0, 0.1) is 5.82 Å². The van der Waals surface area contributed by atoms with Crippen LogP contribution in [0.2, 0.25) is 0 Å². The van der Waals surface area contributed by atoms with Crippen molar-refractivity contribution in [3.8, 4) is 0 Å². The molecule has 6 heteroatoms. The zero-order valence-corrected chi connectivity index (χ0v) is 10.5. The van der Waals surface area contributed by atoms with Crippen LogP contribution < -0.4 is 0 Å². The molecule has 0 radical (unpaired) electrons. The number of carbonyl (C=O) groups is 1. The van der Waals surface area contributed by atoms with E-state index < -0.39 is 18.5 Å². The molecule has 0 fully saturated rings. The number of alkyl halides is 3. The maximum atomic E-state index is 12.9. The second-order valence-electron chi connectivity index (χ2n) is 4.17. The Bertz CT molecular complexity index is 431. The third kappa shape index (κ3) is 5.83. The third-order valence-corrected chi connectivity index (χ3v) is 2.65. The summed E-state index contributed by atoms with van der Waals surface area (Å²) in [4.78, 5) is 12.8. The molecule has 0 aromatic heterocycles. The van der Waals surface area contributed by atoms with E-state index >= 15 is 0 Å². The van der Waals surface area contributed by atoms with Crippen LogP contribution in [0.4, 0.5) is 17.6 Å². The molecule has 0 amide bonds. The molecule has 2 nitrogen and oxygen atoms in total. The molecule has 19 heavy (non-hydrogen) atoms. The Hall–Kier alpha value is -1.43.